The highest BCUT2D eigenvalue weighted by atomic mass is 16.4. The summed E-state index contributed by atoms with van der Waals surface area (Å²) >= 11 is 0. The SMILES string of the molecule is CC(CNC(=O)NCC1(C)CCCC1)CC(=O)O. The number of rotatable bonds is 6. The molecule has 1 saturated carbocycles. The van der Waals surface area contributed by atoms with Crippen LogP contribution in [0.25, 0.3) is 0 Å². The van der Waals surface area contributed by atoms with Crippen molar-refractivity contribution in [2.45, 2.75) is 46.0 Å². The van der Waals surface area contributed by atoms with E-state index >= 15 is 0 Å². The second kappa shape index (κ2) is 6.61. The third-order valence-corrected chi connectivity index (χ3v) is 3.62. The predicted octanol–water partition coefficient (Wildman–Crippen LogP) is 1.98. The minimum absolute atomic E-state index is 0.0460. The van der Waals surface area contributed by atoms with Gasteiger partial charge in [0, 0.05) is 19.5 Å². The molecule has 0 aromatic carbocycles. The van der Waals surface area contributed by atoms with Gasteiger partial charge in [-0.25, -0.2) is 4.79 Å². The van der Waals surface area contributed by atoms with E-state index < -0.39 is 5.97 Å². The molecule has 5 heteroatoms. The molecule has 0 radical (unpaired) electrons. The lowest BCUT2D eigenvalue weighted by Crippen LogP contribution is -2.42. The van der Waals surface area contributed by atoms with E-state index in [9.17, 15) is 9.59 Å². The van der Waals surface area contributed by atoms with Gasteiger partial charge in [0.2, 0.25) is 0 Å². The number of amides is 2. The standard InChI is InChI=1S/C13H24N2O3/c1-10(7-11(16)17)8-14-12(18)15-9-13(2)5-3-4-6-13/h10H,3-9H2,1-2H3,(H,16,17)(H2,14,15,18). The van der Waals surface area contributed by atoms with E-state index in [1.165, 1.54) is 25.7 Å². The molecule has 0 bridgehead atoms. The minimum Gasteiger partial charge on any atom is -0.481 e. The van der Waals surface area contributed by atoms with Crippen LogP contribution < -0.4 is 10.6 Å². The predicted molar refractivity (Wildman–Crippen MR) is 69.4 cm³/mol. The Kier molecular flexibility index (Phi) is 5.44. The number of carboxylic acids is 1. The van der Waals surface area contributed by atoms with Gasteiger partial charge in [-0.2, -0.15) is 0 Å². The van der Waals surface area contributed by atoms with Gasteiger partial charge < -0.3 is 15.7 Å². The van der Waals surface area contributed by atoms with Gasteiger partial charge in [-0.3, -0.25) is 4.79 Å². The van der Waals surface area contributed by atoms with Crippen LogP contribution in [0, 0.1) is 11.3 Å². The van der Waals surface area contributed by atoms with Crippen molar-refractivity contribution in [2.24, 2.45) is 11.3 Å². The summed E-state index contributed by atoms with van der Waals surface area (Å²) in [5.74, 6) is -0.876. The number of aliphatic carboxylic acids is 1. The van der Waals surface area contributed by atoms with Gasteiger partial charge in [0.25, 0.3) is 0 Å². The summed E-state index contributed by atoms with van der Waals surface area (Å²) in [4.78, 5) is 22.0. The van der Waals surface area contributed by atoms with Gasteiger partial charge in [-0.1, -0.05) is 26.7 Å². The van der Waals surface area contributed by atoms with Gasteiger partial charge in [0.1, 0.15) is 0 Å². The highest BCUT2D eigenvalue weighted by Gasteiger charge is 2.28. The van der Waals surface area contributed by atoms with Gasteiger partial charge in [0.05, 0.1) is 0 Å². The Labute approximate surface area is 108 Å². The highest BCUT2D eigenvalue weighted by Crippen LogP contribution is 2.36. The van der Waals surface area contributed by atoms with Crippen molar-refractivity contribution >= 4 is 12.0 Å². The number of carbonyl (C=O) groups is 2. The topological polar surface area (TPSA) is 78.4 Å². The monoisotopic (exact) mass is 256 g/mol. The van der Waals surface area contributed by atoms with Crippen LogP contribution in [-0.4, -0.2) is 30.2 Å². The molecule has 1 aliphatic rings. The minimum atomic E-state index is -0.830. The molecule has 0 heterocycles. The normalized spacial score (nSPS) is 19.2. The van der Waals surface area contributed by atoms with E-state index in [4.69, 9.17) is 5.11 Å². The summed E-state index contributed by atoms with van der Waals surface area (Å²) in [6.45, 7) is 5.11. The maximum Gasteiger partial charge on any atom is 0.314 e. The molecule has 2 amide bonds. The Hall–Kier alpha value is -1.26. The zero-order valence-electron chi connectivity index (χ0n) is 11.3. The number of hydrogen-bond donors (Lipinski definition) is 3. The fraction of sp³-hybridized carbons (Fsp3) is 0.846. The molecule has 0 spiro atoms. The maximum absolute atomic E-state index is 11.6. The largest absolute Gasteiger partial charge is 0.481 e. The van der Waals surface area contributed by atoms with Crippen LogP contribution in [-0.2, 0) is 4.79 Å². The molecule has 1 atom stereocenters. The van der Waals surface area contributed by atoms with E-state index in [0.717, 1.165) is 0 Å². The number of hydrogen-bond acceptors (Lipinski definition) is 2. The molecule has 0 aromatic heterocycles. The molecule has 0 saturated heterocycles. The average Bonchev–Trinajstić information content (AvgIpc) is 2.70. The summed E-state index contributed by atoms with van der Waals surface area (Å²) < 4.78 is 0. The zero-order valence-corrected chi connectivity index (χ0v) is 11.3. The van der Waals surface area contributed by atoms with Crippen LogP contribution >= 0.6 is 0 Å². The fourth-order valence-corrected chi connectivity index (χ4v) is 2.40. The molecule has 5 nitrogen and oxygen atoms in total. The van der Waals surface area contributed by atoms with Crippen LogP contribution in [0.3, 0.4) is 0 Å². The molecular formula is C13H24N2O3. The first kappa shape index (κ1) is 14.8. The fourth-order valence-electron chi connectivity index (χ4n) is 2.40. The van der Waals surface area contributed by atoms with E-state index in [0.29, 0.717) is 13.1 Å². The van der Waals surface area contributed by atoms with E-state index in [2.05, 4.69) is 17.6 Å². The van der Waals surface area contributed by atoms with Crippen molar-refractivity contribution < 1.29 is 14.7 Å². The Bertz CT molecular complexity index is 299. The van der Waals surface area contributed by atoms with Crippen LogP contribution in [0.2, 0.25) is 0 Å². The molecule has 104 valence electrons. The molecule has 1 aliphatic carbocycles. The highest BCUT2D eigenvalue weighted by molar-refractivity contribution is 5.74. The average molecular weight is 256 g/mol. The van der Waals surface area contributed by atoms with Gasteiger partial charge in [-0.15, -0.1) is 0 Å². The Morgan fingerprint density at radius 3 is 2.44 bits per heavy atom. The summed E-state index contributed by atoms with van der Waals surface area (Å²) in [6, 6.07) is -0.194. The van der Waals surface area contributed by atoms with Crippen molar-refractivity contribution in [1.82, 2.24) is 10.6 Å². The number of urea groups is 1. The third kappa shape index (κ3) is 5.38. The Balaban J connectivity index is 2.15. The first-order valence-corrected chi connectivity index (χ1v) is 6.65. The quantitative estimate of drug-likeness (QED) is 0.680. The van der Waals surface area contributed by atoms with Crippen molar-refractivity contribution in [3.63, 3.8) is 0 Å². The van der Waals surface area contributed by atoms with E-state index in [-0.39, 0.29) is 23.8 Å². The second-order valence-electron chi connectivity index (χ2n) is 5.78. The van der Waals surface area contributed by atoms with Crippen molar-refractivity contribution in [3.05, 3.63) is 0 Å². The maximum atomic E-state index is 11.6. The zero-order chi connectivity index (χ0) is 13.6. The molecular weight excluding hydrogens is 232 g/mol. The third-order valence-electron chi connectivity index (χ3n) is 3.62. The Morgan fingerprint density at radius 1 is 1.28 bits per heavy atom. The van der Waals surface area contributed by atoms with Crippen molar-refractivity contribution in [2.75, 3.05) is 13.1 Å². The first-order chi connectivity index (χ1) is 8.41. The molecule has 1 unspecified atom stereocenters. The molecule has 0 aliphatic heterocycles. The van der Waals surface area contributed by atoms with E-state index in [1.807, 2.05) is 6.92 Å². The molecule has 1 fully saturated rings. The summed E-state index contributed by atoms with van der Waals surface area (Å²) in [7, 11) is 0. The molecule has 0 aromatic rings. The molecule has 18 heavy (non-hydrogen) atoms. The Morgan fingerprint density at radius 2 is 1.89 bits per heavy atom. The van der Waals surface area contributed by atoms with Crippen LogP contribution in [0.4, 0.5) is 4.79 Å². The van der Waals surface area contributed by atoms with Gasteiger partial charge in [-0.05, 0) is 24.2 Å². The van der Waals surface area contributed by atoms with Gasteiger partial charge >= 0.3 is 12.0 Å². The molecule has 3 N–H and O–H groups in total. The summed E-state index contributed by atoms with van der Waals surface area (Å²) in [5, 5.41) is 14.2. The lowest BCUT2D eigenvalue weighted by atomic mass is 9.89. The van der Waals surface area contributed by atoms with Crippen molar-refractivity contribution in [1.29, 1.82) is 0 Å². The first-order valence-electron chi connectivity index (χ1n) is 6.65. The number of carboxylic acid groups (broad SMARTS) is 1. The molecule has 1 rings (SSSR count). The van der Waals surface area contributed by atoms with Crippen molar-refractivity contribution in [3.8, 4) is 0 Å². The lowest BCUT2D eigenvalue weighted by molar-refractivity contribution is -0.137. The number of carbonyl (C=O) groups excluding carboxylic acids is 1. The lowest BCUT2D eigenvalue weighted by Gasteiger charge is -2.24. The summed E-state index contributed by atoms with van der Waals surface area (Å²) in [5.41, 5.74) is 0.240. The smallest absolute Gasteiger partial charge is 0.314 e. The van der Waals surface area contributed by atoms with Gasteiger partial charge in [0.15, 0.2) is 0 Å². The second-order valence-corrected chi connectivity index (χ2v) is 5.78. The van der Waals surface area contributed by atoms with E-state index in [1.54, 1.807) is 0 Å². The number of nitrogens with one attached hydrogen (secondary N) is 2. The van der Waals surface area contributed by atoms with Crippen LogP contribution in [0.15, 0.2) is 0 Å². The summed E-state index contributed by atoms with van der Waals surface area (Å²) in [6.07, 6.45) is 4.91. The van der Waals surface area contributed by atoms with Crippen LogP contribution in [0.1, 0.15) is 46.0 Å². The van der Waals surface area contributed by atoms with Crippen LogP contribution in [0.5, 0.6) is 0 Å².